The molecule has 0 saturated heterocycles. The number of halogens is 6. The maximum atomic E-state index is 12.2. The van der Waals surface area contributed by atoms with Gasteiger partial charge in [0.05, 0.1) is 0 Å². The van der Waals surface area contributed by atoms with E-state index in [0.29, 0.717) is 0 Å². The number of hydrogen-bond acceptors (Lipinski definition) is 3. The van der Waals surface area contributed by atoms with E-state index < -0.39 is 29.9 Å². The zero-order valence-electron chi connectivity index (χ0n) is 7.02. The Balaban J connectivity index is 3.11. The number of carbonyl (C=O) groups is 1. The lowest BCUT2D eigenvalue weighted by Crippen LogP contribution is -2.58. The highest BCUT2D eigenvalue weighted by atomic mass is 19.4. The normalized spacial score (nSPS) is 19.8. The number of aliphatic carboxylic acids is 1. The fourth-order valence-electron chi connectivity index (χ4n) is 0.844. The number of rotatable bonds is 1. The number of carboxylic acid groups (broad SMARTS) is 1. The predicted molar refractivity (Wildman–Crippen MR) is 32.7 cm³/mol. The topological polar surface area (TPSA) is 55.8 Å². The fraction of sp³-hybridized carbons (Fsp3) is 0.500. The maximum absolute atomic E-state index is 12.2. The molecule has 92 valence electrons. The number of hydrogen-bond donors (Lipinski definition) is 1. The van der Waals surface area contributed by atoms with E-state index in [4.69, 9.17) is 5.11 Å². The largest absolute Gasteiger partial charge is 0.478 e. The van der Waals surface area contributed by atoms with Gasteiger partial charge in [0, 0.05) is 0 Å². The molecule has 0 radical (unpaired) electrons. The quantitative estimate of drug-likeness (QED) is 0.722. The van der Waals surface area contributed by atoms with Gasteiger partial charge >= 0.3 is 24.1 Å². The molecule has 0 aliphatic carbocycles. The summed E-state index contributed by atoms with van der Waals surface area (Å²) < 4.78 is 79.6. The number of carboxylic acids is 1. The van der Waals surface area contributed by atoms with Crippen molar-refractivity contribution in [2.45, 2.75) is 18.1 Å². The summed E-state index contributed by atoms with van der Waals surface area (Å²) in [6, 6.07) is 0. The van der Waals surface area contributed by atoms with E-state index in [1.807, 2.05) is 0 Å². The van der Waals surface area contributed by atoms with Gasteiger partial charge in [-0.15, -0.1) is 0 Å². The molecule has 1 rings (SSSR count). The second kappa shape index (κ2) is 3.19. The first-order valence-corrected chi connectivity index (χ1v) is 3.45. The molecular formula is C6H2F6O4. The molecule has 0 aromatic rings. The molecule has 0 bridgehead atoms. The molecule has 4 nitrogen and oxygen atoms in total. The van der Waals surface area contributed by atoms with E-state index in [1.165, 1.54) is 0 Å². The van der Waals surface area contributed by atoms with Gasteiger partial charge in [0.15, 0.2) is 0 Å². The van der Waals surface area contributed by atoms with Crippen molar-refractivity contribution in [1.82, 2.24) is 0 Å². The Labute approximate surface area is 83.0 Å². The van der Waals surface area contributed by atoms with Crippen LogP contribution in [-0.4, -0.2) is 29.2 Å². The lowest BCUT2D eigenvalue weighted by Gasteiger charge is -2.30. The summed E-state index contributed by atoms with van der Waals surface area (Å²) in [6.45, 7) is 0. The average Bonchev–Trinajstić information content (AvgIpc) is 2.44. The van der Waals surface area contributed by atoms with Crippen molar-refractivity contribution in [3.8, 4) is 0 Å². The molecule has 0 fully saturated rings. The first-order valence-electron chi connectivity index (χ1n) is 3.45. The van der Waals surface area contributed by atoms with Crippen LogP contribution < -0.4 is 0 Å². The molecule has 0 unspecified atom stereocenters. The van der Waals surface area contributed by atoms with Crippen molar-refractivity contribution in [3.05, 3.63) is 12.0 Å². The highest BCUT2D eigenvalue weighted by Crippen LogP contribution is 2.50. The monoisotopic (exact) mass is 252 g/mol. The summed E-state index contributed by atoms with van der Waals surface area (Å²) in [5.41, 5.74) is 0. The SMILES string of the molecule is O=C(O)C1=COC(C(F)(F)F)(C(F)(F)F)O1. The van der Waals surface area contributed by atoms with E-state index in [9.17, 15) is 31.1 Å². The summed E-state index contributed by atoms with van der Waals surface area (Å²) >= 11 is 0. The zero-order chi connectivity index (χ0) is 12.8. The summed E-state index contributed by atoms with van der Waals surface area (Å²) in [5.74, 6) is -8.63. The molecule has 0 atom stereocenters. The first-order chi connectivity index (χ1) is 7.01. The Morgan fingerprint density at radius 2 is 1.62 bits per heavy atom. The van der Waals surface area contributed by atoms with Crippen LogP contribution in [0.5, 0.6) is 0 Å². The standard InChI is InChI=1S/C6H2F6O4/c7-5(8,9)4(6(10,11)12)15-1-2(16-4)3(13)14/h1H,(H,13,14). The minimum absolute atomic E-state index is 0.247. The number of ether oxygens (including phenoxy) is 2. The lowest BCUT2D eigenvalue weighted by molar-refractivity contribution is -0.436. The summed E-state index contributed by atoms with van der Waals surface area (Å²) in [5, 5.41) is 8.17. The highest BCUT2D eigenvalue weighted by Gasteiger charge is 2.79. The smallest absolute Gasteiger partial charge is 0.475 e. The lowest BCUT2D eigenvalue weighted by atomic mass is 10.2. The summed E-state index contributed by atoms with van der Waals surface area (Å²) in [6.07, 6.45) is -12.2. The van der Waals surface area contributed by atoms with Crippen molar-refractivity contribution < 1.29 is 45.7 Å². The van der Waals surface area contributed by atoms with Crippen LogP contribution >= 0.6 is 0 Å². The zero-order valence-corrected chi connectivity index (χ0v) is 7.02. The van der Waals surface area contributed by atoms with Gasteiger partial charge in [-0.05, 0) is 0 Å². The van der Waals surface area contributed by atoms with Gasteiger partial charge in [0.2, 0.25) is 5.76 Å². The van der Waals surface area contributed by atoms with E-state index in [-0.39, 0.29) is 6.26 Å². The second-order valence-corrected chi connectivity index (χ2v) is 2.62. The maximum Gasteiger partial charge on any atom is 0.478 e. The third-order valence-electron chi connectivity index (χ3n) is 1.54. The van der Waals surface area contributed by atoms with Crippen LogP contribution in [0.4, 0.5) is 26.3 Å². The third kappa shape index (κ3) is 1.63. The van der Waals surface area contributed by atoms with Gasteiger partial charge in [-0.2, -0.15) is 26.3 Å². The van der Waals surface area contributed by atoms with E-state index in [1.54, 1.807) is 0 Å². The Morgan fingerprint density at radius 1 is 1.19 bits per heavy atom. The van der Waals surface area contributed by atoms with E-state index in [0.717, 1.165) is 0 Å². The highest BCUT2D eigenvalue weighted by molar-refractivity contribution is 5.84. The van der Waals surface area contributed by atoms with Crippen molar-refractivity contribution in [2.75, 3.05) is 0 Å². The average molecular weight is 252 g/mol. The van der Waals surface area contributed by atoms with Crippen LogP contribution in [0.1, 0.15) is 0 Å². The molecule has 10 heteroatoms. The molecular weight excluding hydrogens is 250 g/mol. The third-order valence-corrected chi connectivity index (χ3v) is 1.54. The predicted octanol–water partition coefficient (Wildman–Crippen LogP) is 1.78. The molecule has 1 N–H and O–H groups in total. The van der Waals surface area contributed by atoms with E-state index in [2.05, 4.69) is 9.47 Å². The van der Waals surface area contributed by atoms with Crippen LogP contribution in [0.2, 0.25) is 0 Å². The minimum Gasteiger partial charge on any atom is -0.475 e. The summed E-state index contributed by atoms with van der Waals surface area (Å²) in [7, 11) is 0. The molecule has 0 aromatic heterocycles. The van der Waals surface area contributed by atoms with Gasteiger partial charge in [-0.1, -0.05) is 0 Å². The first kappa shape index (κ1) is 12.5. The van der Waals surface area contributed by atoms with Gasteiger partial charge < -0.3 is 14.6 Å². The van der Waals surface area contributed by atoms with Crippen LogP contribution in [0.15, 0.2) is 12.0 Å². The summed E-state index contributed by atoms with van der Waals surface area (Å²) in [4.78, 5) is 10.1. The molecule has 1 aliphatic heterocycles. The van der Waals surface area contributed by atoms with Crippen LogP contribution in [0.3, 0.4) is 0 Å². The minimum atomic E-state index is -5.96. The molecule has 0 spiro atoms. The second-order valence-electron chi connectivity index (χ2n) is 2.62. The van der Waals surface area contributed by atoms with Crippen LogP contribution in [-0.2, 0) is 14.3 Å². The van der Waals surface area contributed by atoms with Crippen molar-refractivity contribution >= 4 is 5.97 Å². The molecule has 1 heterocycles. The Kier molecular flexibility index (Phi) is 2.48. The molecule has 0 saturated carbocycles. The van der Waals surface area contributed by atoms with Crippen molar-refractivity contribution in [1.29, 1.82) is 0 Å². The molecule has 1 aliphatic rings. The van der Waals surface area contributed by atoms with Crippen LogP contribution in [0.25, 0.3) is 0 Å². The van der Waals surface area contributed by atoms with Gasteiger partial charge in [0.1, 0.15) is 6.26 Å². The Morgan fingerprint density at radius 3 is 1.81 bits per heavy atom. The van der Waals surface area contributed by atoms with Gasteiger partial charge in [-0.25, -0.2) is 4.79 Å². The van der Waals surface area contributed by atoms with Crippen LogP contribution in [0, 0.1) is 0 Å². The van der Waals surface area contributed by atoms with E-state index >= 15 is 0 Å². The molecule has 0 amide bonds. The fourth-order valence-corrected chi connectivity index (χ4v) is 0.844. The van der Waals surface area contributed by atoms with Gasteiger partial charge in [0.25, 0.3) is 0 Å². The Bertz CT molecular complexity index is 326. The molecule has 0 aromatic carbocycles. The van der Waals surface area contributed by atoms with Crippen molar-refractivity contribution in [2.24, 2.45) is 0 Å². The van der Waals surface area contributed by atoms with Crippen molar-refractivity contribution in [3.63, 3.8) is 0 Å². The number of alkyl halides is 6. The Hall–Kier alpha value is -1.61. The molecule has 16 heavy (non-hydrogen) atoms. The van der Waals surface area contributed by atoms with Gasteiger partial charge in [-0.3, -0.25) is 0 Å².